The van der Waals surface area contributed by atoms with Crippen LogP contribution in [-0.4, -0.2) is 17.5 Å². The van der Waals surface area contributed by atoms with Crippen molar-refractivity contribution < 1.29 is 9.53 Å². The molecule has 1 amide bonds. The van der Waals surface area contributed by atoms with Gasteiger partial charge in [-0.05, 0) is 44.7 Å². The second-order valence-electron chi connectivity index (χ2n) is 7.59. The molecular weight excluding hydrogens is 346 g/mol. The Morgan fingerprint density at radius 2 is 1.54 bits per heavy atom. The van der Waals surface area contributed by atoms with E-state index in [4.69, 9.17) is 4.74 Å². The smallest absolute Gasteiger partial charge is 0.411 e. The fraction of sp³-hybridized carbons (Fsp3) is 0.320. The van der Waals surface area contributed by atoms with Crippen molar-refractivity contribution in [2.24, 2.45) is 0 Å². The first-order valence-electron chi connectivity index (χ1n) is 9.92. The Bertz CT molecular complexity index is 835. The van der Waals surface area contributed by atoms with Gasteiger partial charge in [-0.1, -0.05) is 84.0 Å². The minimum atomic E-state index is -0.296. The topological polar surface area (TPSA) is 29.5 Å². The molecule has 0 aromatic heterocycles. The molecule has 0 radical (unpaired) electrons. The predicted molar refractivity (Wildman–Crippen MR) is 114 cm³/mol. The number of benzene rings is 2. The van der Waals surface area contributed by atoms with Crippen molar-refractivity contribution >= 4 is 6.09 Å². The zero-order valence-corrected chi connectivity index (χ0v) is 17.0. The fourth-order valence-electron chi connectivity index (χ4n) is 3.55. The van der Waals surface area contributed by atoms with Gasteiger partial charge in [0.25, 0.3) is 0 Å². The second-order valence-corrected chi connectivity index (χ2v) is 7.59. The van der Waals surface area contributed by atoms with Crippen molar-refractivity contribution in [3.63, 3.8) is 0 Å². The van der Waals surface area contributed by atoms with Crippen molar-refractivity contribution in [2.45, 2.75) is 45.8 Å². The molecule has 2 atom stereocenters. The van der Waals surface area contributed by atoms with Crippen LogP contribution in [0.4, 0.5) is 4.79 Å². The number of carbonyl (C=O) groups is 1. The van der Waals surface area contributed by atoms with Crippen LogP contribution in [0.15, 0.2) is 84.0 Å². The third kappa shape index (κ3) is 4.92. The molecule has 3 nitrogen and oxygen atoms in total. The summed E-state index contributed by atoms with van der Waals surface area (Å²) in [5, 5.41) is 0. The summed E-state index contributed by atoms with van der Waals surface area (Å²) in [7, 11) is 0. The molecule has 1 saturated heterocycles. The standard InChI is InChI=1S/C25H29NO2/c1-19(2)11-10-12-20(3)17-18-26-23(21-13-6-4-7-14-21)24(28-25(26)27)22-15-8-5-9-16-22/h4-9,11,13-17,23-24H,10,12,18H2,1-3H3/b20-17-/t23?,24-/m0/s1. The van der Waals surface area contributed by atoms with Gasteiger partial charge in [-0.15, -0.1) is 0 Å². The van der Waals surface area contributed by atoms with Crippen LogP contribution in [0.2, 0.25) is 0 Å². The normalized spacial score (nSPS) is 19.5. The van der Waals surface area contributed by atoms with Gasteiger partial charge in [0.2, 0.25) is 0 Å². The maximum Gasteiger partial charge on any atom is 0.411 e. The van der Waals surface area contributed by atoms with E-state index in [-0.39, 0.29) is 18.2 Å². The molecule has 1 heterocycles. The average molecular weight is 376 g/mol. The highest BCUT2D eigenvalue weighted by atomic mass is 16.6. The lowest BCUT2D eigenvalue weighted by Gasteiger charge is -2.24. The van der Waals surface area contributed by atoms with Gasteiger partial charge in [-0.25, -0.2) is 4.79 Å². The lowest BCUT2D eigenvalue weighted by molar-refractivity contribution is 0.130. The molecule has 0 saturated carbocycles. The summed E-state index contributed by atoms with van der Waals surface area (Å²) in [5.41, 5.74) is 4.75. The predicted octanol–water partition coefficient (Wildman–Crippen LogP) is 6.61. The highest BCUT2D eigenvalue weighted by Gasteiger charge is 2.42. The van der Waals surface area contributed by atoms with Gasteiger partial charge in [-0.3, -0.25) is 4.90 Å². The van der Waals surface area contributed by atoms with Crippen LogP contribution in [0.5, 0.6) is 0 Å². The van der Waals surface area contributed by atoms with Gasteiger partial charge < -0.3 is 4.74 Å². The Hall–Kier alpha value is -2.81. The van der Waals surface area contributed by atoms with Gasteiger partial charge in [-0.2, -0.15) is 0 Å². The maximum atomic E-state index is 12.7. The highest BCUT2D eigenvalue weighted by molar-refractivity contribution is 5.72. The Morgan fingerprint density at radius 3 is 2.14 bits per heavy atom. The van der Waals surface area contributed by atoms with Crippen LogP contribution in [0.1, 0.15) is 56.9 Å². The molecule has 2 aromatic rings. The first-order chi connectivity index (χ1) is 13.6. The average Bonchev–Trinajstić information content (AvgIpc) is 3.03. The molecule has 1 unspecified atom stereocenters. The number of nitrogens with zero attached hydrogens (tertiary/aromatic N) is 1. The van der Waals surface area contributed by atoms with Crippen molar-refractivity contribution in [1.29, 1.82) is 0 Å². The molecule has 3 heteroatoms. The number of amides is 1. The van der Waals surface area contributed by atoms with E-state index in [1.165, 1.54) is 11.1 Å². The van der Waals surface area contributed by atoms with E-state index >= 15 is 0 Å². The minimum absolute atomic E-state index is 0.127. The number of cyclic esters (lactones) is 1. The van der Waals surface area contributed by atoms with Crippen LogP contribution >= 0.6 is 0 Å². The second kappa shape index (κ2) is 9.41. The third-order valence-electron chi connectivity index (χ3n) is 5.08. The maximum absolute atomic E-state index is 12.7. The molecule has 146 valence electrons. The van der Waals surface area contributed by atoms with Crippen LogP contribution in [0.25, 0.3) is 0 Å². The molecular formula is C25H29NO2. The number of ether oxygens (including phenoxy) is 1. The summed E-state index contributed by atoms with van der Waals surface area (Å²) in [6, 6.07) is 20.0. The number of hydrogen-bond donors (Lipinski definition) is 0. The van der Waals surface area contributed by atoms with E-state index in [2.05, 4.69) is 45.1 Å². The summed E-state index contributed by atoms with van der Waals surface area (Å²) < 4.78 is 5.82. The summed E-state index contributed by atoms with van der Waals surface area (Å²) in [4.78, 5) is 14.6. The van der Waals surface area contributed by atoms with Crippen molar-refractivity contribution in [3.05, 3.63) is 95.1 Å². The molecule has 0 N–H and O–H groups in total. The van der Waals surface area contributed by atoms with E-state index in [9.17, 15) is 4.79 Å². The molecule has 1 fully saturated rings. The number of allylic oxidation sites excluding steroid dienone is 3. The Balaban J connectivity index is 1.82. The van der Waals surface area contributed by atoms with Crippen molar-refractivity contribution in [1.82, 2.24) is 4.90 Å². The first-order valence-corrected chi connectivity index (χ1v) is 9.92. The Kier molecular flexibility index (Phi) is 6.70. The van der Waals surface area contributed by atoms with E-state index in [0.29, 0.717) is 6.54 Å². The summed E-state index contributed by atoms with van der Waals surface area (Å²) in [6.07, 6.45) is 5.89. The summed E-state index contributed by atoms with van der Waals surface area (Å²) in [6.45, 7) is 6.93. The zero-order valence-electron chi connectivity index (χ0n) is 17.0. The Morgan fingerprint density at radius 1 is 0.929 bits per heavy atom. The quantitative estimate of drug-likeness (QED) is 0.509. The van der Waals surface area contributed by atoms with Crippen molar-refractivity contribution in [3.8, 4) is 0 Å². The molecule has 1 aliphatic rings. The van der Waals surface area contributed by atoms with E-state index < -0.39 is 0 Å². The molecule has 2 aromatic carbocycles. The Labute approximate surface area is 168 Å². The van der Waals surface area contributed by atoms with Crippen LogP contribution in [-0.2, 0) is 4.74 Å². The van der Waals surface area contributed by atoms with Gasteiger partial charge >= 0.3 is 6.09 Å². The number of carbonyl (C=O) groups excluding carboxylic acids is 1. The number of rotatable bonds is 7. The minimum Gasteiger partial charge on any atom is -0.439 e. The fourth-order valence-corrected chi connectivity index (χ4v) is 3.55. The van der Waals surface area contributed by atoms with Gasteiger partial charge in [0.15, 0.2) is 6.10 Å². The number of hydrogen-bond acceptors (Lipinski definition) is 2. The molecule has 1 aliphatic heterocycles. The monoisotopic (exact) mass is 375 g/mol. The molecule has 3 rings (SSSR count). The largest absolute Gasteiger partial charge is 0.439 e. The SMILES string of the molecule is CC(C)=CCC/C(C)=C\CN1C(=O)O[C@@H](c2ccccc2)C1c1ccccc1. The molecule has 28 heavy (non-hydrogen) atoms. The van der Waals surface area contributed by atoms with Crippen LogP contribution in [0, 0.1) is 0 Å². The van der Waals surface area contributed by atoms with Gasteiger partial charge in [0, 0.05) is 6.54 Å². The lowest BCUT2D eigenvalue weighted by atomic mass is 9.95. The summed E-state index contributed by atoms with van der Waals surface area (Å²) >= 11 is 0. The highest BCUT2D eigenvalue weighted by Crippen LogP contribution is 2.42. The van der Waals surface area contributed by atoms with E-state index in [0.717, 1.165) is 24.0 Å². The van der Waals surface area contributed by atoms with Crippen LogP contribution < -0.4 is 0 Å². The molecule has 0 aliphatic carbocycles. The van der Waals surface area contributed by atoms with Crippen molar-refractivity contribution in [2.75, 3.05) is 6.54 Å². The molecule has 0 bridgehead atoms. The van der Waals surface area contributed by atoms with E-state index in [1.807, 2.05) is 53.4 Å². The lowest BCUT2D eigenvalue weighted by Crippen LogP contribution is -2.28. The summed E-state index contributed by atoms with van der Waals surface area (Å²) in [5.74, 6) is 0. The van der Waals surface area contributed by atoms with Gasteiger partial charge in [0.1, 0.15) is 6.04 Å². The third-order valence-corrected chi connectivity index (χ3v) is 5.08. The van der Waals surface area contributed by atoms with Crippen LogP contribution in [0.3, 0.4) is 0 Å². The first kappa shape index (κ1) is 19.9. The van der Waals surface area contributed by atoms with E-state index in [1.54, 1.807) is 0 Å². The van der Waals surface area contributed by atoms with Gasteiger partial charge in [0.05, 0.1) is 0 Å². The molecule has 0 spiro atoms. The zero-order chi connectivity index (χ0) is 19.9.